The highest BCUT2D eigenvalue weighted by Crippen LogP contribution is 2.30. The number of para-hydroxylation sites is 1. The molecule has 0 saturated carbocycles. The van der Waals surface area contributed by atoms with E-state index in [0.29, 0.717) is 25.7 Å². The van der Waals surface area contributed by atoms with Gasteiger partial charge in [-0.3, -0.25) is 14.1 Å². The average Bonchev–Trinajstić information content (AvgIpc) is 2.91. The summed E-state index contributed by atoms with van der Waals surface area (Å²) in [7, 11) is -2.08. The SMILES string of the molecule is CN(C(=O)CCCCCCCCCCCCCCCCCCC(=O)O)c1ccccc1SCCCCS(=O)(=O)O. The van der Waals surface area contributed by atoms with E-state index in [-0.39, 0.29) is 11.7 Å². The molecule has 7 nitrogen and oxygen atoms in total. The Morgan fingerprint density at radius 1 is 0.700 bits per heavy atom. The molecule has 1 amide bonds. The van der Waals surface area contributed by atoms with E-state index in [4.69, 9.17) is 9.66 Å². The van der Waals surface area contributed by atoms with Crippen molar-refractivity contribution < 1.29 is 27.7 Å². The van der Waals surface area contributed by atoms with Crippen LogP contribution in [0.15, 0.2) is 29.2 Å². The fraction of sp³-hybridized carbons (Fsp3) is 0.742. The fourth-order valence-electron chi connectivity index (χ4n) is 4.75. The number of unbranched alkanes of at least 4 members (excludes halogenated alkanes) is 16. The largest absolute Gasteiger partial charge is 0.481 e. The fourth-order valence-corrected chi connectivity index (χ4v) is 6.42. The Balaban J connectivity index is 2.02. The van der Waals surface area contributed by atoms with Crippen LogP contribution in [0.3, 0.4) is 0 Å². The maximum atomic E-state index is 12.8. The molecule has 0 heterocycles. The van der Waals surface area contributed by atoms with E-state index in [1.807, 2.05) is 31.3 Å². The van der Waals surface area contributed by atoms with Gasteiger partial charge in [0.1, 0.15) is 0 Å². The van der Waals surface area contributed by atoms with Crippen molar-refractivity contribution in [3.63, 3.8) is 0 Å². The van der Waals surface area contributed by atoms with Gasteiger partial charge in [-0.05, 0) is 43.6 Å². The number of hydrogen-bond acceptors (Lipinski definition) is 5. The zero-order valence-electron chi connectivity index (χ0n) is 24.7. The van der Waals surface area contributed by atoms with Crippen molar-refractivity contribution >= 4 is 39.4 Å². The van der Waals surface area contributed by atoms with E-state index < -0.39 is 16.1 Å². The van der Waals surface area contributed by atoms with Gasteiger partial charge in [-0.25, -0.2) is 0 Å². The summed E-state index contributed by atoms with van der Waals surface area (Å²) in [4.78, 5) is 26.0. The van der Waals surface area contributed by atoms with E-state index in [1.165, 1.54) is 70.6 Å². The summed E-state index contributed by atoms with van der Waals surface area (Å²) in [6.45, 7) is 0. The summed E-state index contributed by atoms with van der Waals surface area (Å²) in [6, 6.07) is 7.81. The zero-order valence-corrected chi connectivity index (χ0v) is 26.3. The molecule has 230 valence electrons. The van der Waals surface area contributed by atoms with Crippen LogP contribution in [0.4, 0.5) is 5.69 Å². The van der Waals surface area contributed by atoms with Crippen molar-refractivity contribution in [2.45, 2.75) is 133 Å². The lowest BCUT2D eigenvalue weighted by atomic mass is 10.0. The molecule has 9 heteroatoms. The molecular weight excluding hydrogens is 546 g/mol. The predicted octanol–water partition coefficient (Wildman–Crippen LogP) is 8.52. The quantitative estimate of drug-likeness (QED) is 0.0623. The van der Waals surface area contributed by atoms with Crippen LogP contribution in [0.2, 0.25) is 0 Å². The average molecular weight is 600 g/mol. The number of carboxylic acid groups (broad SMARTS) is 1. The number of carboxylic acids is 1. The number of carbonyl (C=O) groups excluding carboxylic acids is 1. The highest BCUT2D eigenvalue weighted by molar-refractivity contribution is 7.99. The van der Waals surface area contributed by atoms with Crippen molar-refractivity contribution in [3.8, 4) is 0 Å². The highest BCUT2D eigenvalue weighted by atomic mass is 32.2. The maximum absolute atomic E-state index is 12.8. The van der Waals surface area contributed by atoms with Gasteiger partial charge in [0.2, 0.25) is 5.91 Å². The number of nitrogens with zero attached hydrogens (tertiary/aromatic N) is 1. The number of aliphatic carboxylic acids is 1. The van der Waals surface area contributed by atoms with Gasteiger partial charge in [-0.2, -0.15) is 8.42 Å². The van der Waals surface area contributed by atoms with Crippen molar-refractivity contribution in [2.24, 2.45) is 0 Å². The van der Waals surface area contributed by atoms with Gasteiger partial charge in [0, 0.05) is 24.8 Å². The van der Waals surface area contributed by atoms with Gasteiger partial charge < -0.3 is 10.0 Å². The van der Waals surface area contributed by atoms with E-state index >= 15 is 0 Å². The molecule has 0 aliphatic carbocycles. The summed E-state index contributed by atoms with van der Waals surface area (Å²) in [5.74, 6) is -0.0426. The molecular formula is C31H53NO6S2. The molecule has 1 aromatic rings. The van der Waals surface area contributed by atoms with Crippen LogP contribution < -0.4 is 4.90 Å². The number of thioether (sulfide) groups is 1. The van der Waals surface area contributed by atoms with E-state index in [1.54, 1.807) is 16.7 Å². The molecule has 0 bridgehead atoms. The first-order valence-electron chi connectivity index (χ1n) is 15.4. The zero-order chi connectivity index (χ0) is 29.5. The van der Waals surface area contributed by atoms with Crippen LogP contribution in [0.1, 0.15) is 128 Å². The second-order valence-corrected chi connectivity index (χ2v) is 13.5. The summed E-state index contributed by atoms with van der Waals surface area (Å²) >= 11 is 1.61. The molecule has 1 rings (SSSR count). The van der Waals surface area contributed by atoms with E-state index in [0.717, 1.165) is 48.4 Å². The molecule has 2 N–H and O–H groups in total. The highest BCUT2D eigenvalue weighted by Gasteiger charge is 2.14. The van der Waals surface area contributed by atoms with Crippen molar-refractivity contribution in [1.82, 2.24) is 0 Å². The second-order valence-electron chi connectivity index (χ2n) is 10.8. The molecule has 0 spiro atoms. The minimum absolute atomic E-state index is 0.123. The lowest BCUT2D eigenvalue weighted by Gasteiger charge is -2.20. The van der Waals surface area contributed by atoms with Gasteiger partial charge in [-0.1, -0.05) is 102 Å². The van der Waals surface area contributed by atoms with Crippen molar-refractivity contribution in [3.05, 3.63) is 24.3 Å². The predicted molar refractivity (Wildman–Crippen MR) is 167 cm³/mol. The van der Waals surface area contributed by atoms with Gasteiger partial charge in [0.25, 0.3) is 10.1 Å². The number of amides is 1. The molecule has 0 aliphatic heterocycles. The van der Waals surface area contributed by atoms with E-state index in [9.17, 15) is 18.0 Å². The normalized spacial score (nSPS) is 11.6. The number of rotatable bonds is 26. The monoisotopic (exact) mass is 599 g/mol. The smallest absolute Gasteiger partial charge is 0.303 e. The number of carbonyl (C=O) groups is 2. The minimum Gasteiger partial charge on any atom is -0.481 e. The van der Waals surface area contributed by atoms with Crippen LogP contribution in [-0.4, -0.2) is 48.5 Å². The minimum atomic E-state index is -3.90. The summed E-state index contributed by atoms with van der Waals surface area (Å²) in [5, 5.41) is 8.63. The van der Waals surface area contributed by atoms with Crippen molar-refractivity contribution in [2.75, 3.05) is 23.5 Å². The lowest BCUT2D eigenvalue weighted by Crippen LogP contribution is -2.26. The third-order valence-corrected chi connectivity index (χ3v) is 9.14. The second kappa shape index (κ2) is 23.0. The van der Waals surface area contributed by atoms with Crippen LogP contribution in [0, 0.1) is 0 Å². The Morgan fingerprint density at radius 2 is 1.15 bits per heavy atom. The van der Waals surface area contributed by atoms with Crippen LogP contribution >= 0.6 is 11.8 Å². The molecule has 40 heavy (non-hydrogen) atoms. The molecule has 0 fully saturated rings. The first kappa shape index (κ1) is 36.4. The Bertz CT molecular complexity index is 922. The molecule has 1 aromatic carbocycles. The lowest BCUT2D eigenvalue weighted by molar-refractivity contribution is -0.137. The van der Waals surface area contributed by atoms with Crippen molar-refractivity contribution in [1.29, 1.82) is 0 Å². The first-order valence-corrected chi connectivity index (χ1v) is 18.0. The number of anilines is 1. The Kier molecular flexibility index (Phi) is 21.0. The molecule has 0 aliphatic rings. The van der Waals surface area contributed by atoms with Gasteiger partial charge >= 0.3 is 5.97 Å². The topological polar surface area (TPSA) is 112 Å². The van der Waals surface area contributed by atoms with Gasteiger partial charge in [0.05, 0.1) is 11.4 Å². The molecule has 0 unspecified atom stereocenters. The Morgan fingerprint density at radius 3 is 1.62 bits per heavy atom. The summed E-state index contributed by atoms with van der Waals surface area (Å²) < 4.78 is 30.6. The van der Waals surface area contributed by atoms with Crippen LogP contribution in [0.5, 0.6) is 0 Å². The van der Waals surface area contributed by atoms with Crippen LogP contribution in [-0.2, 0) is 19.7 Å². The van der Waals surface area contributed by atoms with Gasteiger partial charge in [-0.15, -0.1) is 11.8 Å². The van der Waals surface area contributed by atoms with E-state index in [2.05, 4.69) is 0 Å². The number of benzene rings is 1. The molecule has 0 aromatic heterocycles. The standard InChI is InChI=1S/C31H53NO6S2/c1-32(28-22-18-19-23-29(28)39-26-20-21-27-40(36,37)38)30(33)24-16-14-12-10-8-6-4-2-3-5-7-9-11-13-15-17-25-31(34)35/h18-19,22-23H,2-17,20-21,24-27H2,1H3,(H,34,35)(H,36,37,38). The molecule has 0 atom stereocenters. The first-order chi connectivity index (χ1) is 19.2. The summed E-state index contributed by atoms with van der Waals surface area (Å²) in [5.41, 5.74) is 0.889. The Hall–Kier alpha value is -1.58. The van der Waals surface area contributed by atoms with Gasteiger partial charge in [0.15, 0.2) is 0 Å². The maximum Gasteiger partial charge on any atom is 0.303 e. The Labute approximate surface area is 247 Å². The number of hydrogen-bond donors (Lipinski definition) is 2. The van der Waals surface area contributed by atoms with Crippen LogP contribution in [0.25, 0.3) is 0 Å². The molecule has 0 saturated heterocycles. The third-order valence-electron chi connectivity index (χ3n) is 7.19. The molecule has 0 radical (unpaired) electrons. The third kappa shape index (κ3) is 20.3. The summed E-state index contributed by atoms with van der Waals surface area (Å²) in [6.07, 6.45) is 21.1.